The van der Waals surface area contributed by atoms with Crippen LogP contribution in [0.25, 0.3) is 0 Å². The van der Waals surface area contributed by atoms with Gasteiger partial charge in [-0.1, -0.05) is 0 Å². The van der Waals surface area contributed by atoms with Gasteiger partial charge in [0, 0.05) is 20.2 Å². The average molecular weight is 267 g/mol. The second kappa shape index (κ2) is 11.2. The maximum Gasteiger partial charge on any atom is 0.0700 e. The number of piperidine rings is 1. The zero-order chi connectivity index (χ0) is 11.6. The molecular weight excluding hydrogens is 240 g/mol. The summed E-state index contributed by atoms with van der Waals surface area (Å²) in [5.41, 5.74) is 0. The highest BCUT2D eigenvalue weighted by atomic mass is 35.5. The molecule has 1 heterocycles. The van der Waals surface area contributed by atoms with Gasteiger partial charge in [-0.25, -0.2) is 0 Å². The molecule has 0 amide bonds. The molecule has 1 saturated heterocycles. The predicted molar refractivity (Wildman–Crippen MR) is 73.0 cm³/mol. The van der Waals surface area contributed by atoms with Crippen molar-refractivity contribution < 1.29 is 9.47 Å². The molecule has 1 unspecified atom stereocenters. The fraction of sp³-hybridized carbons (Fsp3) is 1.00. The topological polar surface area (TPSA) is 33.7 Å². The summed E-state index contributed by atoms with van der Waals surface area (Å²) in [4.78, 5) is 2.51. The maximum atomic E-state index is 5.49. The van der Waals surface area contributed by atoms with Gasteiger partial charge < -0.3 is 19.7 Å². The smallest absolute Gasteiger partial charge is 0.0700 e. The second-order valence-electron chi connectivity index (χ2n) is 4.47. The van der Waals surface area contributed by atoms with Crippen molar-refractivity contribution in [2.75, 3.05) is 60.2 Å². The highest BCUT2D eigenvalue weighted by molar-refractivity contribution is 5.85. The highest BCUT2D eigenvalue weighted by Gasteiger charge is 2.18. The average Bonchev–Trinajstić information content (AvgIpc) is 2.30. The lowest BCUT2D eigenvalue weighted by Gasteiger charge is -2.32. The number of methoxy groups -OCH3 is 1. The summed E-state index contributed by atoms with van der Waals surface area (Å²) < 4.78 is 10.4. The summed E-state index contributed by atoms with van der Waals surface area (Å²) in [5, 5.41) is 3.27. The lowest BCUT2D eigenvalue weighted by molar-refractivity contribution is 0.0495. The van der Waals surface area contributed by atoms with E-state index in [0.717, 1.165) is 25.6 Å². The first-order chi connectivity index (χ1) is 7.86. The van der Waals surface area contributed by atoms with Crippen LogP contribution in [0.15, 0.2) is 0 Å². The molecule has 0 spiro atoms. The Hall–Kier alpha value is 0.130. The minimum absolute atomic E-state index is 0. The Labute approximate surface area is 111 Å². The summed E-state index contributed by atoms with van der Waals surface area (Å²) in [7, 11) is 3.74. The molecule has 0 aliphatic carbocycles. The van der Waals surface area contributed by atoms with E-state index in [-0.39, 0.29) is 12.4 Å². The van der Waals surface area contributed by atoms with E-state index in [2.05, 4.69) is 10.2 Å². The van der Waals surface area contributed by atoms with Gasteiger partial charge in [-0.15, -0.1) is 12.4 Å². The van der Waals surface area contributed by atoms with E-state index in [0.29, 0.717) is 13.2 Å². The van der Waals surface area contributed by atoms with Gasteiger partial charge in [0.05, 0.1) is 19.8 Å². The van der Waals surface area contributed by atoms with Crippen LogP contribution in [0.4, 0.5) is 0 Å². The highest BCUT2D eigenvalue weighted by Crippen LogP contribution is 2.14. The lowest BCUT2D eigenvalue weighted by atomic mass is 9.98. The molecular formula is C12H27ClN2O2. The molecule has 1 aliphatic rings. The number of nitrogens with zero attached hydrogens (tertiary/aromatic N) is 1. The number of ether oxygens (including phenoxy) is 2. The van der Waals surface area contributed by atoms with Crippen molar-refractivity contribution in [2.24, 2.45) is 5.92 Å². The summed E-state index contributed by atoms with van der Waals surface area (Å²) in [5.74, 6) is 0.817. The van der Waals surface area contributed by atoms with E-state index in [1.54, 1.807) is 7.11 Å². The molecule has 0 bridgehead atoms. The van der Waals surface area contributed by atoms with Crippen LogP contribution in [0.2, 0.25) is 0 Å². The zero-order valence-corrected chi connectivity index (χ0v) is 11.9. The number of rotatable bonds is 8. The van der Waals surface area contributed by atoms with E-state index in [4.69, 9.17) is 9.47 Å². The quantitative estimate of drug-likeness (QED) is 0.665. The molecule has 17 heavy (non-hydrogen) atoms. The van der Waals surface area contributed by atoms with Crippen LogP contribution < -0.4 is 5.32 Å². The van der Waals surface area contributed by atoms with E-state index in [1.165, 1.54) is 25.9 Å². The van der Waals surface area contributed by atoms with E-state index >= 15 is 0 Å². The molecule has 1 atom stereocenters. The molecule has 5 heteroatoms. The fourth-order valence-electron chi connectivity index (χ4n) is 2.25. The first-order valence-corrected chi connectivity index (χ1v) is 6.30. The summed E-state index contributed by atoms with van der Waals surface area (Å²) in [6, 6.07) is 0. The third-order valence-corrected chi connectivity index (χ3v) is 3.08. The zero-order valence-electron chi connectivity index (χ0n) is 11.1. The van der Waals surface area contributed by atoms with Crippen molar-refractivity contribution in [1.82, 2.24) is 10.2 Å². The minimum atomic E-state index is 0. The third kappa shape index (κ3) is 7.95. The first kappa shape index (κ1) is 17.1. The van der Waals surface area contributed by atoms with Gasteiger partial charge in [-0.3, -0.25) is 0 Å². The van der Waals surface area contributed by atoms with Crippen LogP contribution in [0, 0.1) is 5.92 Å². The monoisotopic (exact) mass is 266 g/mol. The number of hydrogen-bond acceptors (Lipinski definition) is 4. The van der Waals surface area contributed by atoms with Gasteiger partial charge in [0.15, 0.2) is 0 Å². The minimum Gasteiger partial charge on any atom is -0.382 e. The van der Waals surface area contributed by atoms with Crippen molar-refractivity contribution in [3.05, 3.63) is 0 Å². The van der Waals surface area contributed by atoms with Crippen molar-refractivity contribution >= 4 is 12.4 Å². The molecule has 104 valence electrons. The fourth-order valence-corrected chi connectivity index (χ4v) is 2.25. The van der Waals surface area contributed by atoms with Crippen molar-refractivity contribution in [3.63, 3.8) is 0 Å². The molecule has 0 saturated carbocycles. The maximum absolute atomic E-state index is 5.49. The van der Waals surface area contributed by atoms with Crippen molar-refractivity contribution in [2.45, 2.75) is 12.8 Å². The third-order valence-electron chi connectivity index (χ3n) is 3.08. The second-order valence-corrected chi connectivity index (χ2v) is 4.47. The summed E-state index contributed by atoms with van der Waals surface area (Å²) in [6.45, 7) is 6.88. The van der Waals surface area contributed by atoms with Crippen molar-refractivity contribution in [1.29, 1.82) is 0 Å². The Bertz CT molecular complexity index is 171. The van der Waals surface area contributed by atoms with Crippen LogP contribution in [-0.4, -0.2) is 65.1 Å². The van der Waals surface area contributed by atoms with Crippen molar-refractivity contribution in [3.8, 4) is 0 Å². The summed E-state index contributed by atoms with van der Waals surface area (Å²) in [6.07, 6.45) is 2.69. The van der Waals surface area contributed by atoms with Crippen LogP contribution in [0.3, 0.4) is 0 Å². The molecule has 1 aliphatic heterocycles. The van der Waals surface area contributed by atoms with Crippen LogP contribution >= 0.6 is 12.4 Å². The largest absolute Gasteiger partial charge is 0.382 e. The Balaban J connectivity index is 0.00000256. The number of hydrogen-bond donors (Lipinski definition) is 1. The van der Waals surface area contributed by atoms with E-state index < -0.39 is 0 Å². The molecule has 4 nitrogen and oxygen atoms in total. The van der Waals surface area contributed by atoms with Crippen LogP contribution in [-0.2, 0) is 9.47 Å². The Morgan fingerprint density at radius 1 is 1.29 bits per heavy atom. The standard InChI is InChI=1S/C12H26N2O2.ClH/c1-13-10-12-4-3-5-14(11-12)6-7-16-9-8-15-2;/h12-13H,3-11H2,1-2H3;1H. The number of nitrogens with one attached hydrogen (secondary N) is 1. The van der Waals surface area contributed by atoms with Gasteiger partial charge in [0.2, 0.25) is 0 Å². The first-order valence-electron chi connectivity index (χ1n) is 6.30. The SMILES string of the molecule is CNCC1CCCN(CCOCCOC)C1.Cl. The van der Waals surface area contributed by atoms with Gasteiger partial charge in [0.25, 0.3) is 0 Å². The van der Waals surface area contributed by atoms with Gasteiger partial charge >= 0.3 is 0 Å². The Morgan fingerprint density at radius 2 is 2.12 bits per heavy atom. The Kier molecular flexibility index (Phi) is 11.3. The molecule has 1 rings (SSSR count). The van der Waals surface area contributed by atoms with Gasteiger partial charge in [0.1, 0.15) is 0 Å². The normalized spacial score (nSPS) is 21.2. The van der Waals surface area contributed by atoms with Gasteiger partial charge in [-0.2, -0.15) is 0 Å². The van der Waals surface area contributed by atoms with Gasteiger partial charge in [-0.05, 0) is 38.9 Å². The summed E-state index contributed by atoms with van der Waals surface area (Å²) >= 11 is 0. The molecule has 0 aromatic heterocycles. The molecule has 0 radical (unpaired) electrons. The van der Waals surface area contributed by atoms with Crippen LogP contribution in [0.5, 0.6) is 0 Å². The lowest BCUT2D eigenvalue weighted by Crippen LogP contribution is -2.40. The molecule has 1 fully saturated rings. The number of halogens is 1. The van der Waals surface area contributed by atoms with E-state index in [9.17, 15) is 0 Å². The Morgan fingerprint density at radius 3 is 2.82 bits per heavy atom. The number of likely N-dealkylation sites (tertiary alicyclic amines) is 1. The molecule has 0 aromatic carbocycles. The molecule has 1 N–H and O–H groups in total. The van der Waals surface area contributed by atoms with E-state index in [1.807, 2.05) is 7.05 Å². The van der Waals surface area contributed by atoms with Crippen LogP contribution in [0.1, 0.15) is 12.8 Å². The predicted octanol–water partition coefficient (Wildman–Crippen LogP) is 1.00. The molecule has 0 aromatic rings.